The minimum Gasteiger partial charge on any atom is -0.0616 e. The molecule has 208 valence electrons. The van der Waals surface area contributed by atoms with Crippen molar-refractivity contribution in [1.82, 2.24) is 0 Å². The predicted molar refractivity (Wildman–Crippen MR) is 190 cm³/mol. The highest BCUT2D eigenvalue weighted by molar-refractivity contribution is 9.10. The van der Waals surface area contributed by atoms with E-state index in [9.17, 15) is 0 Å². The Labute approximate surface area is 268 Å². The van der Waals surface area contributed by atoms with E-state index >= 15 is 0 Å². The highest BCUT2D eigenvalue weighted by Crippen LogP contribution is 2.46. The molecule has 0 radical (unpaired) electrons. The van der Waals surface area contributed by atoms with Gasteiger partial charge in [-0.1, -0.05) is 141 Å². The first kappa shape index (κ1) is 26.9. The van der Waals surface area contributed by atoms with Gasteiger partial charge in [-0.2, -0.15) is 0 Å². The topological polar surface area (TPSA) is 0 Å². The third-order valence-electron chi connectivity index (χ3n) is 9.93. The van der Waals surface area contributed by atoms with Crippen LogP contribution in [0.4, 0.5) is 0 Å². The Bertz CT molecular complexity index is 2210. The van der Waals surface area contributed by atoms with Crippen molar-refractivity contribution >= 4 is 76.7 Å². The smallest absolute Gasteiger partial charge is 0.0335 e. The highest BCUT2D eigenvalue weighted by atomic mass is 79.9. The molecular formula is C41H30Br2. The average Bonchev–Trinajstić information content (AvgIpc) is 3.50. The van der Waals surface area contributed by atoms with E-state index in [1.807, 2.05) is 0 Å². The third kappa shape index (κ3) is 4.14. The summed E-state index contributed by atoms with van der Waals surface area (Å²) in [6.45, 7) is 4.82. The van der Waals surface area contributed by atoms with Crippen LogP contribution in [0.2, 0.25) is 0 Å². The molecule has 0 saturated heterocycles. The van der Waals surface area contributed by atoms with Gasteiger partial charge in [-0.05, 0) is 109 Å². The molecule has 2 aliphatic rings. The van der Waals surface area contributed by atoms with Crippen LogP contribution in [0.5, 0.6) is 0 Å². The molecule has 0 N–H and O–H groups in total. The van der Waals surface area contributed by atoms with Crippen molar-refractivity contribution in [2.75, 3.05) is 0 Å². The Kier molecular flexibility index (Phi) is 6.19. The van der Waals surface area contributed by atoms with Crippen LogP contribution in [0.1, 0.15) is 31.4 Å². The average molecular weight is 682 g/mol. The van der Waals surface area contributed by atoms with E-state index in [4.69, 9.17) is 0 Å². The maximum Gasteiger partial charge on any atom is 0.0335 e. The summed E-state index contributed by atoms with van der Waals surface area (Å²) in [4.78, 5) is 0. The maximum absolute atomic E-state index is 3.91. The van der Waals surface area contributed by atoms with Gasteiger partial charge in [0, 0.05) is 19.8 Å². The number of fused-ring (bicyclic) bond motifs is 4. The predicted octanol–water partition coefficient (Wildman–Crippen LogP) is 8.41. The van der Waals surface area contributed by atoms with Crippen molar-refractivity contribution in [2.45, 2.75) is 31.1 Å². The lowest BCUT2D eigenvalue weighted by Gasteiger charge is -2.33. The van der Waals surface area contributed by atoms with Crippen molar-refractivity contribution in [3.63, 3.8) is 0 Å². The van der Waals surface area contributed by atoms with Crippen LogP contribution in [-0.2, 0) is 10.8 Å². The summed E-state index contributed by atoms with van der Waals surface area (Å²) in [7, 11) is 0. The Morgan fingerprint density at radius 1 is 0.465 bits per heavy atom. The lowest BCUT2D eigenvalue weighted by Crippen LogP contribution is -2.30. The molecule has 43 heavy (non-hydrogen) atoms. The van der Waals surface area contributed by atoms with Gasteiger partial charge in [0.2, 0.25) is 0 Å². The summed E-state index contributed by atoms with van der Waals surface area (Å²) in [6, 6.07) is 44.7. The molecule has 0 fully saturated rings. The molecule has 0 heterocycles. The Hall–Kier alpha value is -3.72. The second-order valence-corrected chi connectivity index (χ2v) is 14.1. The van der Waals surface area contributed by atoms with Gasteiger partial charge in [-0.15, -0.1) is 0 Å². The Morgan fingerprint density at radius 3 is 1.33 bits per heavy atom. The van der Waals surface area contributed by atoms with E-state index in [0.29, 0.717) is 0 Å². The van der Waals surface area contributed by atoms with Crippen LogP contribution >= 0.6 is 31.9 Å². The first-order valence-corrected chi connectivity index (χ1v) is 16.4. The third-order valence-corrected chi connectivity index (χ3v) is 11.3. The summed E-state index contributed by atoms with van der Waals surface area (Å²) in [5, 5.41) is 10.4. The number of hydrogen-bond donors (Lipinski definition) is 0. The van der Waals surface area contributed by atoms with Crippen LogP contribution in [0.25, 0.3) is 44.8 Å². The zero-order valence-corrected chi connectivity index (χ0v) is 27.3. The van der Waals surface area contributed by atoms with Crippen molar-refractivity contribution < 1.29 is 0 Å². The van der Waals surface area contributed by atoms with Crippen LogP contribution in [0.3, 0.4) is 0 Å². The van der Waals surface area contributed by atoms with Crippen LogP contribution < -0.4 is 20.9 Å². The molecule has 2 aliphatic carbocycles. The van der Waals surface area contributed by atoms with Gasteiger partial charge in [0.05, 0.1) is 0 Å². The van der Waals surface area contributed by atoms with Crippen LogP contribution in [0.15, 0.2) is 130 Å². The normalized spacial score (nSPS) is 20.7. The molecule has 0 spiro atoms. The largest absolute Gasteiger partial charge is 0.0616 e. The lowest BCUT2D eigenvalue weighted by atomic mass is 9.69. The second kappa shape index (κ2) is 9.91. The van der Waals surface area contributed by atoms with E-state index in [1.54, 1.807) is 0 Å². The van der Waals surface area contributed by atoms with Gasteiger partial charge in [-0.3, -0.25) is 0 Å². The van der Waals surface area contributed by atoms with Gasteiger partial charge in [-0.25, -0.2) is 0 Å². The number of benzene rings is 6. The molecule has 6 aromatic carbocycles. The van der Waals surface area contributed by atoms with Crippen molar-refractivity contribution in [3.05, 3.63) is 162 Å². The fourth-order valence-electron chi connectivity index (χ4n) is 7.48. The zero-order chi connectivity index (χ0) is 29.3. The minimum atomic E-state index is -0.262. The van der Waals surface area contributed by atoms with E-state index in [-0.39, 0.29) is 10.8 Å². The van der Waals surface area contributed by atoms with E-state index in [0.717, 1.165) is 15.4 Å². The van der Waals surface area contributed by atoms with Gasteiger partial charge < -0.3 is 0 Å². The number of halogens is 2. The molecule has 0 nitrogen and oxygen atoms in total. The van der Waals surface area contributed by atoms with Crippen LogP contribution in [-0.4, -0.2) is 0 Å². The van der Waals surface area contributed by atoms with Gasteiger partial charge in [0.25, 0.3) is 0 Å². The van der Waals surface area contributed by atoms with E-state index in [2.05, 4.69) is 179 Å². The fraction of sp³-hybridized carbons (Fsp3) is 0.122. The van der Waals surface area contributed by atoms with Crippen LogP contribution in [0, 0.1) is 0 Å². The molecule has 6 aromatic rings. The summed E-state index contributed by atoms with van der Waals surface area (Å²) < 4.78 is 2.30. The fourth-order valence-corrected chi connectivity index (χ4v) is 8.44. The Morgan fingerprint density at radius 2 is 0.884 bits per heavy atom. The maximum atomic E-state index is 3.91. The van der Waals surface area contributed by atoms with E-state index in [1.165, 1.54) is 64.7 Å². The summed E-state index contributed by atoms with van der Waals surface area (Å²) >= 11 is 7.81. The molecule has 8 rings (SSSR count). The first-order chi connectivity index (χ1) is 20.8. The molecule has 2 heteroatoms. The van der Waals surface area contributed by atoms with Crippen molar-refractivity contribution in [2.24, 2.45) is 0 Å². The summed E-state index contributed by atoms with van der Waals surface area (Å²) in [5.74, 6) is 0. The van der Waals surface area contributed by atoms with Crippen molar-refractivity contribution in [1.29, 1.82) is 0 Å². The molecular weight excluding hydrogens is 652 g/mol. The monoisotopic (exact) mass is 680 g/mol. The molecule has 0 saturated carbocycles. The quantitative estimate of drug-likeness (QED) is 0.175. The zero-order valence-electron chi connectivity index (χ0n) is 24.2. The SMILES string of the molecule is CC1(c2ccc3ccccc3c2)C=c2c(Br)cccc2=C1CC1=c2cccc(Br)c2=CC1(C)c1ccc2ccccc2c1. The lowest BCUT2D eigenvalue weighted by molar-refractivity contribution is 0.778. The summed E-state index contributed by atoms with van der Waals surface area (Å²) in [6.07, 6.45) is 5.84. The van der Waals surface area contributed by atoms with Gasteiger partial charge in [0.15, 0.2) is 0 Å². The molecule has 0 aromatic heterocycles. The summed E-state index contributed by atoms with van der Waals surface area (Å²) in [5.41, 5.74) is 5.03. The minimum absolute atomic E-state index is 0.262. The Balaban J connectivity index is 1.38. The standard InChI is InChI=1S/C41H30Br2/c1-40(30-19-17-26-9-3-5-11-28(26)21-30)24-34-32(13-7-15-38(34)42)36(40)23-37-33-14-8-16-39(43)35(33)25-41(37,2)31-20-18-27-10-4-6-12-29(27)22-31/h3-22,24-25H,23H2,1-2H3. The highest BCUT2D eigenvalue weighted by Gasteiger charge is 2.39. The van der Waals surface area contributed by atoms with Crippen molar-refractivity contribution in [3.8, 4) is 0 Å². The molecule has 2 atom stereocenters. The first-order valence-electron chi connectivity index (χ1n) is 14.9. The molecule has 0 aliphatic heterocycles. The van der Waals surface area contributed by atoms with Gasteiger partial charge in [0.1, 0.15) is 0 Å². The molecule has 0 amide bonds. The number of rotatable bonds is 4. The molecule has 0 bridgehead atoms. The molecule has 2 unspecified atom stereocenters. The van der Waals surface area contributed by atoms with E-state index < -0.39 is 0 Å². The van der Waals surface area contributed by atoms with Gasteiger partial charge >= 0.3 is 0 Å². The second-order valence-electron chi connectivity index (χ2n) is 12.4. The number of hydrogen-bond acceptors (Lipinski definition) is 0.